The third-order valence-electron chi connectivity index (χ3n) is 3.75. The number of nitrogens with zero attached hydrogens (tertiary/aromatic N) is 1. The van der Waals surface area contributed by atoms with Crippen molar-refractivity contribution in [1.29, 1.82) is 0 Å². The van der Waals surface area contributed by atoms with Crippen molar-refractivity contribution in [3.05, 3.63) is 23.2 Å². The largest absolute Gasteiger partial charge is 0.497 e. The maximum Gasteiger partial charge on any atom is 0.121 e. The van der Waals surface area contributed by atoms with Gasteiger partial charge in [-0.3, -0.25) is 0 Å². The Bertz CT molecular complexity index is 411. The van der Waals surface area contributed by atoms with Gasteiger partial charge in [-0.15, -0.1) is 0 Å². The molecule has 1 aromatic carbocycles. The van der Waals surface area contributed by atoms with Crippen molar-refractivity contribution in [2.45, 2.75) is 31.8 Å². The molecule has 1 N–H and O–H groups in total. The fraction of sp³-hybridized carbons (Fsp3) is 0.571. The van der Waals surface area contributed by atoms with Crippen molar-refractivity contribution in [2.75, 3.05) is 25.6 Å². The molecule has 1 fully saturated rings. The van der Waals surface area contributed by atoms with Gasteiger partial charge in [0.2, 0.25) is 0 Å². The SMILES string of the molecule is CNC1CCN(c2cc(OC)ccc2Cl)C(C)C1. The molecule has 1 saturated heterocycles. The van der Waals surface area contributed by atoms with Crippen molar-refractivity contribution in [2.24, 2.45) is 0 Å². The van der Waals surface area contributed by atoms with Crippen LogP contribution in [0.4, 0.5) is 5.69 Å². The molecule has 2 rings (SSSR count). The Morgan fingerprint density at radius 1 is 1.44 bits per heavy atom. The van der Waals surface area contributed by atoms with E-state index in [0.29, 0.717) is 12.1 Å². The zero-order valence-electron chi connectivity index (χ0n) is 11.2. The Labute approximate surface area is 114 Å². The van der Waals surface area contributed by atoms with Crippen LogP contribution in [0.5, 0.6) is 5.75 Å². The number of piperidine rings is 1. The fourth-order valence-electron chi connectivity index (χ4n) is 2.63. The average Bonchev–Trinajstić information content (AvgIpc) is 2.39. The van der Waals surface area contributed by atoms with E-state index in [0.717, 1.165) is 35.8 Å². The molecular weight excluding hydrogens is 248 g/mol. The highest BCUT2D eigenvalue weighted by Crippen LogP contribution is 2.34. The minimum atomic E-state index is 0.487. The molecule has 1 aromatic rings. The van der Waals surface area contributed by atoms with E-state index in [1.807, 2.05) is 25.2 Å². The average molecular weight is 269 g/mol. The van der Waals surface area contributed by atoms with E-state index in [1.165, 1.54) is 0 Å². The van der Waals surface area contributed by atoms with Gasteiger partial charge in [-0.2, -0.15) is 0 Å². The van der Waals surface area contributed by atoms with Crippen LogP contribution in [0.15, 0.2) is 18.2 Å². The summed E-state index contributed by atoms with van der Waals surface area (Å²) in [5, 5.41) is 4.16. The highest BCUT2D eigenvalue weighted by atomic mass is 35.5. The first-order valence-electron chi connectivity index (χ1n) is 6.43. The lowest BCUT2D eigenvalue weighted by atomic mass is 9.97. The summed E-state index contributed by atoms with van der Waals surface area (Å²) in [5.74, 6) is 0.859. The van der Waals surface area contributed by atoms with E-state index in [1.54, 1.807) is 7.11 Å². The predicted molar refractivity (Wildman–Crippen MR) is 76.9 cm³/mol. The van der Waals surface area contributed by atoms with Crippen LogP contribution in [0, 0.1) is 0 Å². The van der Waals surface area contributed by atoms with Gasteiger partial charge in [0.05, 0.1) is 17.8 Å². The van der Waals surface area contributed by atoms with E-state index >= 15 is 0 Å². The molecule has 2 atom stereocenters. The van der Waals surface area contributed by atoms with Gasteiger partial charge < -0.3 is 15.0 Å². The molecule has 0 bridgehead atoms. The summed E-state index contributed by atoms with van der Waals surface area (Å²) in [5.41, 5.74) is 1.08. The van der Waals surface area contributed by atoms with Crippen LogP contribution in [0.3, 0.4) is 0 Å². The number of hydrogen-bond acceptors (Lipinski definition) is 3. The lowest BCUT2D eigenvalue weighted by Gasteiger charge is -2.39. The predicted octanol–water partition coefficient (Wildman–Crippen LogP) is 2.93. The van der Waals surface area contributed by atoms with Crippen LogP contribution in [0.25, 0.3) is 0 Å². The molecule has 4 heteroatoms. The topological polar surface area (TPSA) is 24.5 Å². The lowest BCUT2D eigenvalue weighted by molar-refractivity contribution is 0.385. The smallest absolute Gasteiger partial charge is 0.121 e. The highest BCUT2D eigenvalue weighted by molar-refractivity contribution is 6.33. The monoisotopic (exact) mass is 268 g/mol. The molecule has 0 amide bonds. The van der Waals surface area contributed by atoms with E-state index in [2.05, 4.69) is 17.1 Å². The summed E-state index contributed by atoms with van der Waals surface area (Å²) in [7, 11) is 3.72. The van der Waals surface area contributed by atoms with Gasteiger partial charge in [0, 0.05) is 24.7 Å². The third-order valence-corrected chi connectivity index (χ3v) is 4.07. The van der Waals surface area contributed by atoms with Crippen molar-refractivity contribution >= 4 is 17.3 Å². The highest BCUT2D eigenvalue weighted by Gasteiger charge is 2.26. The Kier molecular flexibility index (Phi) is 4.36. The van der Waals surface area contributed by atoms with E-state index in [4.69, 9.17) is 16.3 Å². The van der Waals surface area contributed by atoms with Gasteiger partial charge in [0.25, 0.3) is 0 Å². The minimum absolute atomic E-state index is 0.487. The van der Waals surface area contributed by atoms with E-state index < -0.39 is 0 Å². The van der Waals surface area contributed by atoms with Gasteiger partial charge in [-0.05, 0) is 38.9 Å². The molecule has 0 aliphatic carbocycles. The second-order valence-electron chi connectivity index (χ2n) is 4.87. The molecule has 18 heavy (non-hydrogen) atoms. The number of hydrogen-bond donors (Lipinski definition) is 1. The molecule has 0 aromatic heterocycles. The third kappa shape index (κ3) is 2.73. The molecule has 1 aliphatic heterocycles. The van der Waals surface area contributed by atoms with Crippen LogP contribution in [-0.4, -0.2) is 32.8 Å². The second-order valence-corrected chi connectivity index (χ2v) is 5.28. The quantitative estimate of drug-likeness (QED) is 0.912. The van der Waals surface area contributed by atoms with Gasteiger partial charge in [-0.1, -0.05) is 11.6 Å². The molecule has 1 heterocycles. The minimum Gasteiger partial charge on any atom is -0.497 e. The summed E-state index contributed by atoms with van der Waals surface area (Å²) in [6.07, 6.45) is 2.29. The Balaban J connectivity index is 2.21. The molecule has 0 saturated carbocycles. The number of ether oxygens (including phenoxy) is 1. The van der Waals surface area contributed by atoms with E-state index in [-0.39, 0.29) is 0 Å². The van der Waals surface area contributed by atoms with Crippen LogP contribution in [-0.2, 0) is 0 Å². The molecule has 0 radical (unpaired) electrons. The maximum atomic E-state index is 6.31. The number of benzene rings is 1. The van der Waals surface area contributed by atoms with Gasteiger partial charge >= 0.3 is 0 Å². The normalized spacial score (nSPS) is 24.1. The fourth-order valence-corrected chi connectivity index (χ4v) is 2.86. The van der Waals surface area contributed by atoms with Crippen molar-refractivity contribution in [1.82, 2.24) is 5.32 Å². The Hall–Kier alpha value is -0.930. The summed E-state index contributed by atoms with van der Waals surface area (Å²) in [4.78, 5) is 2.37. The van der Waals surface area contributed by atoms with Crippen molar-refractivity contribution in [3.63, 3.8) is 0 Å². The number of halogens is 1. The van der Waals surface area contributed by atoms with Crippen molar-refractivity contribution < 1.29 is 4.74 Å². The molecule has 3 nitrogen and oxygen atoms in total. The van der Waals surface area contributed by atoms with Crippen LogP contribution in [0.2, 0.25) is 5.02 Å². The number of nitrogens with one attached hydrogen (secondary N) is 1. The van der Waals surface area contributed by atoms with Crippen molar-refractivity contribution in [3.8, 4) is 5.75 Å². The second kappa shape index (κ2) is 5.81. The van der Waals surface area contributed by atoms with Gasteiger partial charge in [0.15, 0.2) is 0 Å². The molecule has 0 spiro atoms. The van der Waals surface area contributed by atoms with E-state index in [9.17, 15) is 0 Å². The summed E-state index contributed by atoms with van der Waals surface area (Å²) in [6, 6.07) is 6.93. The zero-order chi connectivity index (χ0) is 13.1. The van der Waals surface area contributed by atoms with Crippen LogP contribution < -0.4 is 15.0 Å². The summed E-state index contributed by atoms with van der Waals surface area (Å²) < 4.78 is 5.28. The standard InChI is InChI=1S/C14H21ClN2O/c1-10-8-11(16-2)6-7-17(10)14-9-12(18-3)4-5-13(14)15/h4-5,9-11,16H,6-8H2,1-3H3. The summed E-state index contributed by atoms with van der Waals surface area (Å²) in [6.45, 7) is 3.28. The molecular formula is C14H21ClN2O. The van der Waals surface area contributed by atoms with Gasteiger partial charge in [0.1, 0.15) is 5.75 Å². The van der Waals surface area contributed by atoms with Gasteiger partial charge in [-0.25, -0.2) is 0 Å². The number of rotatable bonds is 3. The lowest BCUT2D eigenvalue weighted by Crippen LogP contribution is -2.46. The molecule has 2 unspecified atom stereocenters. The first-order chi connectivity index (χ1) is 8.65. The number of methoxy groups -OCH3 is 1. The first-order valence-corrected chi connectivity index (χ1v) is 6.81. The molecule has 100 valence electrons. The van der Waals surface area contributed by atoms with Crippen LogP contribution >= 0.6 is 11.6 Å². The Morgan fingerprint density at radius 2 is 2.22 bits per heavy atom. The first kappa shape index (κ1) is 13.5. The molecule has 1 aliphatic rings. The van der Waals surface area contributed by atoms with Crippen LogP contribution in [0.1, 0.15) is 19.8 Å². The summed E-state index contributed by atoms with van der Waals surface area (Å²) >= 11 is 6.31. The maximum absolute atomic E-state index is 6.31. The number of anilines is 1. The Morgan fingerprint density at radius 3 is 2.83 bits per heavy atom. The zero-order valence-corrected chi connectivity index (χ0v) is 12.0.